The van der Waals surface area contributed by atoms with Gasteiger partial charge >= 0.3 is 5.97 Å². The summed E-state index contributed by atoms with van der Waals surface area (Å²) in [5, 5.41) is 32.1. The number of fused-ring (bicyclic) bond motifs is 3. The Morgan fingerprint density at radius 1 is 1.03 bits per heavy atom. The van der Waals surface area contributed by atoms with E-state index in [1.807, 2.05) is 0 Å². The van der Waals surface area contributed by atoms with Crippen molar-refractivity contribution in [2.75, 3.05) is 0 Å². The summed E-state index contributed by atoms with van der Waals surface area (Å²) in [7, 11) is 0. The highest BCUT2D eigenvalue weighted by molar-refractivity contribution is 5.66. The lowest BCUT2D eigenvalue weighted by Gasteiger charge is -2.68. The zero-order valence-corrected chi connectivity index (χ0v) is 24.3. The van der Waals surface area contributed by atoms with Crippen molar-refractivity contribution in [3.8, 4) is 0 Å². The van der Waals surface area contributed by atoms with Gasteiger partial charge in [0, 0.05) is 12.3 Å². The normalized spacial score (nSPS) is 49.9. The summed E-state index contributed by atoms with van der Waals surface area (Å²) in [5.41, 5.74) is 0.891. The molecule has 37 heavy (non-hydrogen) atoms. The fourth-order valence-corrected chi connectivity index (χ4v) is 11.8. The number of esters is 1. The van der Waals surface area contributed by atoms with E-state index >= 15 is 0 Å². The predicted octanol–water partition coefficient (Wildman–Crippen LogP) is 5.65. The van der Waals surface area contributed by atoms with Crippen molar-refractivity contribution < 1.29 is 24.9 Å². The van der Waals surface area contributed by atoms with E-state index in [4.69, 9.17) is 4.74 Å². The fraction of sp³-hybridized carbons (Fsp3) is 0.906. The van der Waals surface area contributed by atoms with Gasteiger partial charge < -0.3 is 20.1 Å². The number of ether oxygens (including phenoxy) is 1. The van der Waals surface area contributed by atoms with Gasteiger partial charge in [-0.2, -0.15) is 0 Å². The maximum Gasteiger partial charge on any atom is 0.302 e. The zero-order valence-electron chi connectivity index (χ0n) is 24.3. The Balaban J connectivity index is 1.49. The van der Waals surface area contributed by atoms with Gasteiger partial charge in [0.1, 0.15) is 12.2 Å². The van der Waals surface area contributed by atoms with E-state index in [2.05, 4.69) is 41.2 Å². The van der Waals surface area contributed by atoms with Gasteiger partial charge in [0.2, 0.25) is 0 Å². The number of hydrogen-bond acceptors (Lipinski definition) is 5. The Labute approximate surface area is 224 Å². The molecule has 5 fully saturated rings. The van der Waals surface area contributed by atoms with Gasteiger partial charge in [0.15, 0.2) is 0 Å². The van der Waals surface area contributed by atoms with E-state index in [9.17, 15) is 20.1 Å². The molecule has 12 atom stereocenters. The molecule has 0 heterocycles. The van der Waals surface area contributed by atoms with Gasteiger partial charge in [0.25, 0.3) is 0 Å². The summed E-state index contributed by atoms with van der Waals surface area (Å²) in [5.74, 6) is 1.44. The first kappa shape index (κ1) is 27.6. The molecule has 5 heteroatoms. The summed E-state index contributed by atoms with van der Waals surface area (Å²) in [6, 6.07) is 0. The van der Waals surface area contributed by atoms with Gasteiger partial charge in [0.05, 0.1) is 12.2 Å². The van der Waals surface area contributed by atoms with Crippen LogP contribution in [-0.4, -0.2) is 45.7 Å². The largest absolute Gasteiger partial charge is 0.462 e. The summed E-state index contributed by atoms with van der Waals surface area (Å²) in [4.78, 5) is 12.5. The van der Waals surface area contributed by atoms with E-state index in [1.54, 1.807) is 13.8 Å². The summed E-state index contributed by atoms with van der Waals surface area (Å²) < 4.78 is 6.30. The van der Waals surface area contributed by atoms with Crippen LogP contribution in [0.3, 0.4) is 0 Å². The summed E-state index contributed by atoms with van der Waals surface area (Å²) in [6.45, 7) is 18.9. The lowest BCUT2D eigenvalue weighted by Crippen LogP contribution is -2.66. The van der Waals surface area contributed by atoms with E-state index < -0.39 is 12.2 Å². The highest BCUT2D eigenvalue weighted by Crippen LogP contribution is 2.91. The number of aliphatic hydroxyl groups is 3. The lowest BCUT2D eigenvalue weighted by atomic mass is 9.37. The summed E-state index contributed by atoms with van der Waals surface area (Å²) >= 11 is 0. The van der Waals surface area contributed by atoms with Crippen LogP contribution < -0.4 is 0 Å². The lowest BCUT2D eigenvalue weighted by molar-refractivity contribution is -0.249. The quantitative estimate of drug-likeness (QED) is 0.314. The standard InChI is InChI=1S/C32H52O5/c1-18(2)27(36)22(34)15-19(3)21-9-14-32-17-31(21,32)13-10-23-29(7)12-11-25(35)28(5,6)24(29)16-26(30(23,32)8)37-20(4)33/h19,21-27,34-36H,1,9-17H2,2-8H3/t19-,21-,22+,23+,24-,25+,26+,27-,29+,30-,31+,32+/m0/s1. The van der Waals surface area contributed by atoms with Crippen molar-refractivity contribution in [3.63, 3.8) is 0 Å². The molecule has 5 nitrogen and oxygen atoms in total. The van der Waals surface area contributed by atoms with E-state index in [-0.39, 0.29) is 45.3 Å². The maximum absolute atomic E-state index is 12.5. The molecule has 5 aliphatic carbocycles. The highest BCUT2D eigenvalue weighted by Gasteiger charge is 2.85. The van der Waals surface area contributed by atoms with Gasteiger partial charge in [-0.25, -0.2) is 0 Å². The number of carbonyl (C=O) groups is 1. The van der Waals surface area contributed by atoms with Gasteiger partial charge in [-0.15, -0.1) is 0 Å². The van der Waals surface area contributed by atoms with Crippen molar-refractivity contribution in [1.82, 2.24) is 0 Å². The molecule has 0 radical (unpaired) electrons. The number of carbonyl (C=O) groups excluding carboxylic acids is 1. The Morgan fingerprint density at radius 3 is 2.32 bits per heavy atom. The van der Waals surface area contributed by atoms with E-state index in [0.29, 0.717) is 35.7 Å². The first-order chi connectivity index (χ1) is 17.1. The second-order valence-corrected chi connectivity index (χ2v) is 15.3. The molecule has 0 aromatic heterocycles. The second-order valence-electron chi connectivity index (χ2n) is 15.3. The van der Waals surface area contributed by atoms with Gasteiger partial charge in [-0.3, -0.25) is 4.79 Å². The minimum Gasteiger partial charge on any atom is -0.462 e. The molecule has 210 valence electrons. The Morgan fingerprint density at radius 2 is 1.70 bits per heavy atom. The first-order valence-electron chi connectivity index (χ1n) is 15.0. The minimum absolute atomic E-state index is 0.0785. The molecular formula is C32H52O5. The molecule has 0 aromatic rings. The molecule has 0 bridgehead atoms. The van der Waals surface area contributed by atoms with E-state index in [1.165, 1.54) is 19.3 Å². The van der Waals surface area contributed by atoms with Crippen molar-refractivity contribution in [2.24, 2.45) is 50.7 Å². The molecule has 5 rings (SSSR count). The average Bonchev–Trinajstić information content (AvgIpc) is 3.37. The van der Waals surface area contributed by atoms with Gasteiger partial charge in [-0.1, -0.05) is 41.2 Å². The number of rotatable bonds is 6. The predicted molar refractivity (Wildman–Crippen MR) is 144 cm³/mol. The van der Waals surface area contributed by atoms with E-state index in [0.717, 1.165) is 32.1 Å². The molecule has 5 saturated carbocycles. The van der Waals surface area contributed by atoms with Crippen molar-refractivity contribution in [3.05, 3.63) is 12.2 Å². The monoisotopic (exact) mass is 516 g/mol. The molecule has 3 N–H and O–H groups in total. The Kier molecular flexibility index (Phi) is 6.38. The van der Waals surface area contributed by atoms with Crippen LogP contribution in [0.2, 0.25) is 0 Å². The molecule has 0 aliphatic heterocycles. The van der Waals surface area contributed by atoms with Crippen LogP contribution in [0.15, 0.2) is 12.2 Å². The van der Waals surface area contributed by atoms with Crippen LogP contribution in [0, 0.1) is 50.7 Å². The highest BCUT2D eigenvalue weighted by atomic mass is 16.5. The molecule has 0 unspecified atom stereocenters. The third-order valence-electron chi connectivity index (χ3n) is 13.6. The fourth-order valence-electron chi connectivity index (χ4n) is 11.8. The second kappa shape index (κ2) is 8.54. The SMILES string of the molecule is C=C(C)[C@H](O)[C@H](O)C[C@H](C)[C@@H]1CC[C@]23C[C@]12CC[C@@H]1[C@@]2(C)CC[C@@H](O)C(C)(C)[C@@H]2C[C@@H](OC(C)=O)[C@]13C. The summed E-state index contributed by atoms with van der Waals surface area (Å²) in [6.07, 6.45) is 7.13. The first-order valence-corrected chi connectivity index (χ1v) is 15.0. The molecule has 0 aromatic carbocycles. The Hall–Kier alpha value is -0.910. The topological polar surface area (TPSA) is 87.0 Å². The zero-order chi connectivity index (χ0) is 27.3. The third kappa shape index (κ3) is 3.48. The van der Waals surface area contributed by atoms with Crippen LogP contribution in [0.1, 0.15) is 106 Å². The smallest absolute Gasteiger partial charge is 0.302 e. The van der Waals surface area contributed by atoms with Crippen LogP contribution in [0.25, 0.3) is 0 Å². The maximum atomic E-state index is 12.5. The van der Waals surface area contributed by atoms with Gasteiger partial charge in [-0.05, 0) is 116 Å². The number of hydrogen-bond donors (Lipinski definition) is 3. The van der Waals surface area contributed by atoms with Crippen molar-refractivity contribution in [1.29, 1.82) is 0 Å². The van der Waals surface area contributed by atoms with Crippen molar-refractivity contribution >= 4 is 5.97 Å². The van der Waals surface area contributed by atoms with Crippen LogP contribution in [0.5, 0.6) is 0 Å². The number of aliphatic hydroxyl groups excluding tert-OH is 3. The van der Waals surface area contributed by atoms with Crippen LogP contribution >= 0.6 is 0 Å². The third-order valence-corrected chi connectivity index (χ3v) is 13.6. The average molecular weight is 517 g/mol. The molecule has 0 saturated heterocycles. The molecular weight excluding hydrogens is 464 g/mol. The molecule has 0 spiro atoms. The van der Waals surface area contributed by atoms with Crippen LogP contribution in [0.4, 0.5) is 0 Å². The minimum atomic E-state index is -0.868. The van der Waals surface area contributed by atoms with Crippen molar-refractivity contribution in [2.45, 2.75) is 131 Å². The van der Waals surface area contributed by atoms with Crippen LogP contribution in [-0.2, 0) is 9.53 Å². The molecule has 0 amide bonds. The molecule has 5 aliphatic rings. The Bertz CT molecular complexity index is 959.